The van der Waals surface area contributed by atoms with Gasteiger partial charge in [0.1, 0.15) is 0 Å². The van der Waals surface area contributed by atoms with Crippen molar-refractivity contribution in [3.05, 3.63) is 99.3 Å². The standard InChI is InChI=1S/C23H22Cl2N2O/c1-16(2)18-5-7-19(8-6-18)23(28)27(14-17-4-3-11-26-13-17)15-20-9-10-21(24)12-22(20)25/h3-13,16H,14-15H2,1-2H3. The van der Waals surface area contributed by atoms with Gasteiger partial charge < -0.3 is 4.90 Å². The fraction of sp³-hybridized carbons (Fsp3) is 0.217. The van der Waals surface area contributed by atoms with Gasteiger partial charge in [0.2, 0.25) is 0 Å². The van der Waals surface area contributed by atoms with Gasteiger partial charge in [-0.1, -0.05) is 61.3 Å². The minimum Gasteiger partial charge on any atom is -0.330 e. The molecule has 0 aliphatic carbocycles. The second-order valence-corrected chi connectivity index (χ2v) is 7.88. The van der Waals surface area contributed by atoms with E-state index in [1.54, 1.807) is 29.4 Å². The van der Waals surface area contributed by atoms with Crippen LogP contribution in [-0.4, -0.2) is 15.8 Å². The second-order valence-electron chi connectivity index (χ2n) is 7.03. The highest BCUT2D eigenvalue weighted by Crippen LogP contribution is 2.24. The van der Waals surface area contributed by atoms with Crippen molar-refractivity contribution in [2.24, 2.45) is 0 Å². The molecule has 1 amide bonds. The van der Waals surface area contributed by atoms with E-state index in [1.165, 1.54) is 5.56 Å². The molecule has 0 spiro atoms. The monoisotopic (exact) mass is 412 g/mol. The van der Waals surface area contributed by atoms with E-state index < -0.39 is 0 Å². The molecule has 3 nitrogen and oxygen atoms in total. The Kier molecular flexibility index (Phi) is 6.71. The van der Waals surface area contributed by atoms with E-state index in [0.717, 1.165) is 11.1 Å². The first-order chi connectivity index (χ1) is 13.4. The Morgan fingerprint density at radius 3 is 2.39 bits per heavy atom. The van der Waals surface area contributed by atoms with E-state index in [9.17, 15) is 4.79 Å². The van der Waals surface area contributed by atoms with Crippen molar-refractivity contribution >= 4 is 29.1 Å². The lowest BCUT2D eigenvalue weighted by atomic mass is 10.0. The summed E-state index contributed by atoms with van der Waals surface area (Å²) >= 11 is 12.4. The molecule has 1 aromatic heterocycles. The van der Waals surface area contributed by atoms with Crippen molar-refractivity contribution < 1.29 is 4.79 Å². The number of nitrogens with zero attached hydrogens (tertiary/aromatic N) is 2. The summed E-state index contributed by atoms with van der Waals surface area (Å²) in [6.07, 6.45) is 3.49. The maximum Gasteiger partial charge on any atom is 0.254 e. The van der Waals surface area contributed by atoms with E-state index in [-0.39, 0.29) is 5.91 Å². The fourth-order valence-corrected chi connectivity index (χ4v) is 3.43. The van der Waals surface area contributed by atoms with Crippen LogP contribution in [0.3, 0.4) is 0 Å². The minimum absolute atomic E-state index is 0.0508. The first kappa shape index (κ1) is 20.4. The fourth-order valence-electron chi connectivity index (χ4n) is 2.96. The van der Waals surface area contributed by atoms with Crippen LogP contribution in [0.25, 0.3) is 0 Å². The van der Waals surface area contributed by atoms with Crippen LogP contribution in [0.4, 0.5) is 0 Å². The molecular formula is C23H22Cl2N2O. The molecule has 5 heteroatoms. The highest BCUT2D eigenvalue weighted by molar-refractivity contribution is 6.35. The lowest BCUT2D eigenvalue weighted by Gasteiger charge is -2.24. The molecule has 0 N–H and O–H groups in total. The zero-order valence-electron chi connectivity index (χ0n) is 15.9. The molecule has 3 aromatic rings. The van der Waals surface area contributed by atoms with Crippen LogP contribution in [-0.2, 0) is 13.1 Å². The molecule has 28 heavy (non-hydrogen) atoms. The van der Waals surface area contributed by atoms with Gasteiger partial charge in [0.15, 0.2) is 0 Å². The van der Waals surface area contributed by atoms with Crippen molar-refractivity contribution in [1.82, 2.24) is 9.88 Å². The summed E-state index contributed by atoms with van der Waals surface area (Å²) in [5.74, 6) is 0.369. The molecule has 0 atom stereocenters. The summed E-state index contributed by atoms with van der Waals surface area (Å²) in [6.45, 7) is 5.09. The summed E-state index contributed by atoms with van der Waals surface area (Å²) in [4.78, 5) is 19.2. The van der Waals surface area contributed by atoms with Crippen molar-refractivity contribution in [3.63, 3.8) is 0 Å². The lowest BCUT2D eigenvalue weighted by molar-refractivity contribution is 0.0730. The van der Waals surface area contributed by atoms with E-state index in [2.05, 4.69) is 18.8 Å². The number of hydrogen-bond acceptors (Lipinski definition) is 2. The summed E-state index contributed by atoms with van der Waals surface area (Å²) in [5.41, 5.74) is 3.66. The third-order valence-corrected chi connectivity index (χ3v) is 5.17. The van der Waals surface area contributed by atoms with Crippen molar-refractivity contribution in [2.45, 2.75) is 32.9 Å². The van der Waals surface area contributed by atoms with Crippen LogP contribution in [0.5, 0.6) is 0 Å². The highest BCUT2D eigenvalue weighted by atomic mass is 35.5. The number of pyridine rings is 1. The Bertz CT molecular complexity index is 941. The van der Waals surface area contributed by atoms with Crippen LogP contribution in [0, 0.1) is 0 Å². The van der Waals surface area contributed by atoms with Crippen LogP contribution in [0.15, 0.2) is 67.0 Å². The molecule has 0 aliphatic rings. The zero-order chi connectivity index (χ0) is 20.1. The van der Waals surface area contributed by atoms with Crippen molar-refractivity contribution in [3.8, 4) is 0 Å². The summed E-state index contributed by atoms with van der Waals surface area (Å²) < 4.78 is 0. The second kappa shape index (κ2) is 9.22. The normalized spacial score (nSPS) is 10.9. The van der Waals surface area contributed by atoms with Crippen molar-refractivity contribution in [1.29, 1.82) is 0 Å². The number of carbonyl (C=O) groups excluding carboxylic acids is 1. The number of rotatable bonds is 6. The average Bonchev–Trinajstić information content (AvgIpc) is 2.69. The van der Waals surface area contributed by atoms with Crippen LogP contribution >= 0.6 is 23.2 Å². The number of carbonyl (C=O) groups is 1. The zero-order valence-corrected chi connectivity index (χ0v) is 17.4. The van der Waals surface area contributed by atoms with Gasteiger partial charge in [0.25, 0.3) is 5.91 Å². The molecule has 1 heterocycles. The van der Waals surface area contributed by atoms with Gasteiger partial charge >= 0.3 is 0 Å². The average molecular weight is 413 g/mol. The van der Waals surface area contributed by atoms with Gasteiger partial charge in [-0.2, -0.15) is 0 Å². The molecule has 0 unspecified atom stereocenters. The van der Waals surface area contributed by atoms with Crippen molar-refractivity contribution in [2.75, 3.05) is 0 Å². The first-order valence-electron chi connectivity index (χ1n) is 9.16. The number of halogens is 2. The Morgan fingerprint density at radius 2 is 1.79 bits per heavy atom. The molecule has 0 bridgehead atoms. The van der Waals surface area contributed by atoms with Gasteiger partial charge in [0.05, 0.1) is 0 Å². The molecule has 0 aliphatic heterocycles. The van der Waals surface area contributed by atoms with Gasteiger partial charge in [-0.3, -0.25) is 9.78 Å². The number of aromatic nitrogens is 1. The van der Waals surface area contributed by atoms with Gasteiger partial charge in [0, 0.05) is 41.1 Å². The molecule has 0 fully saturated rings. The lowest BCUT2D eigenvalue weighted by Crippen LogP contribution is -2.30. The molecule has 144 valence electrons. The molecular weight excluding hydrogens is 391 g/mol. The van der Waals surface area contributed by atoms with Gasteiger partial charge in [-0.05, 0) is 52.9 Å². The Hall–Kier alpha value is -2.36. The third kappa shape index (κ3) is 5.12. The molecule has 0 radical (unpaired) electrons. The minimum atomic E-state index is -0.0508. The van der Waals surface area contributed by atoms with Gasteiger partial charge in [-0.25, -0.2) is 0 Å². The quantitative estimate of drug-likeness (QED) is 0.472. The summed E-state index contributed by atoms with van der Waals surface area (Å²) in [7, 11) is 0. The van der Waals surface area contributed by atoms with Crippen LogP contribution in [0.2, 0.25) is 10.0 Å². The molecule has 2 aromatic carbocycles. The Labute approximate surface area is 175 Å². The predicted octanol–water partition coefficient (Wildman–Crippen LogP) is 6.35. The smallest absolute Gasteiger partial charge is 0.254 e. The third-order valence-electron chi connectivity index (χ3n) is 4.58. The maximum absolute atomic E-state index is 13.2. The number of amides is 1. The highest BCUT2D eigenvalue weighted by Gasteiger charge is 2.18. The summed E-state index contributed by atoms with van der Waals surface area (Å²) in [6, 6.07) is 17.0. The SMILES string of the molecule is CC(C)c1ccc(C(=O)N(Cc2cccnc2)Cc2ccc(Cl)cc2Cl)cc1. The van der Waals surface area contributed by atoms with Crippen LogP contribution in [0.1, 0.15) is 46.8 Å². The van der Waals surface area contributed by atoms with E-state index >= 15 is 0 Å². The number of hydrogen-bond donors (Lipinski definition) is 0. The van der Waals surface area contributed by atoms with E-state index in [1.807, 2.05) is 42.5 Å². The Morgan fingerprint density at radius 1 is 1.04 bits per heavy atom. The Balaban J connectivity index is 1.89. The van der Waals surface area contributed by atoms with E-state index in [4.69, 9.17) is 23.2 Å². The van der Waals surface area contributed by atoms with Gasteiger partial charge in [-0.15, -0.1) is 0 Å². The predicted molar refractivity (Wildman–Crippen MR) is 115 cm³/mol. The largest absolute Gasteiger partial charge is 0.330 e. The molecule has 3 rings (SSSR count). The number of benzene rings is 2. The molecule has 0 saturated carbocycles. The first-order valence-corrected chi connectivity index (χ1v) is 9.91. The maximum atomic E-state index is 13.2. The van der Waals surface area contributed by atoms with E-state index in [0.29, 0.717) is 34.6 Å². The molecule has 0 saturated heterocycles. The summed E-state index contributed by atoms with van der Waals surface area (Å²) in [5, 5.41) is 1.12. The topological polar surface area (TPSA) is 33.2 Å². The van der Waals surface area contributed by atoms with Crippen LogP contribution < -0.4 is 0 Å².